The lowest BCUT2D eigenvalue weighted by atomic mass is 9.99. The van der Waals surface area contributed by atoms with E-state index in [2.05, 4.69) is 30.2 Å². The zero-order valence-corrected chi connectivity index (χ0v) is 46.5. The molecule has 0 radical (unpaired) electrons. The Morgan fingerprint density at radius 1 is 0.512 bits per heavy atom. The Morgan fingerprint density at radius 3 is 1.18 bits per heavy atom. The molecule has 4 aromatic carbocycles. The second-order valence-electron chi connectivity index (χ2n) is 21.4. The van der Waals surface area contributed by atoms with Crippen LogP contribution in [-0.4, -0.2) is 186 Å². The molecule has 4 atom stereocenters. The highest BCUT2D eigenvalue weighted by Crippen LogP contribution is 2.32. The van der Waals surface area contributed by atoms with Crippen molar-refractivity contribution in [3.05, 3.63) is 156 Å². The number of halogens is 2. The van der Waals surface area contributed by atoms with E-state index in [9.17, 15) is 28.6 Å². The maximum absolute atomic E-state index is 15.3. The number of aliphatic hydroxyl groups excluding tert-OH is 2. The van der Waals surface area contributed by atoms with E-state index in [4.69, 9.17) is 28.4 Å². The fraction of sp³-hybridized carbons (Fsp3) is 0.467. The molecule has 4 unspecified atom stereocenters. The van der Waals surface area contributed by atoms with Crippen LogP contribution in [0.3, 0.4) is 0 Å². The Balaban J connectivity index is 0.892. The minimum Gasteiger partial charge on any atom is -0.445 e. The summed E-state index contributed by atoms with van der Waals surface area (Å²) in [4.78, 5) is 67.1. The van der Waals surface area contributed by atoms with Gasteiger partial charge >= 0.3 is 11.9 Å². The standard InChI is InChI=1S/C60H70F2N10O12/c61-45-11-3-41(4-12-45)35-71(49-19-25-67(26-20-49)29-23-51-79-31-1-32-80-51)57(75)55(43-7-15-47(16-8-43)69-37-63-64-38-69)83-59(77)53(73)54(74)60(78)84-56(44-9-17-48(18-10-44)70-39-65-66-40-70)58(76)72(36-42-5-13-46(62)14-6-42)50-21-27-68(28-22-50)30-24-52-81-33-2-34-82-52/h3-18,37-40,49-56,73-74H,1-2,19-36H2. The number of nitrogens with zero attached hydrogens (tertiary/aromatic N) is 10. The fourth-order valence-electron chi connectivity index (χ4n) is 11.0. The minimum absolute atomic E-state index is 0.00392. The molecule has 0 aliphatic carbocycles. The molecule has 0 spiro atoms. The van der Waals surface area contributed by atoms with Gasteiger partial charge in [-0.3, -0.25) is 18.7 Å². The molecule has 4 saturated heterocycles. The number of amides is 2. The van der Waals surface area contributed by atoms with Crippen LogP contribution < -0.4 is 0 Å². The van der Waals surface area contributed by atoms with Crippen molar-refractivity contribution in [3.8, 4) is 11.4 Å². The number of piperidine rings is 2. The van der Waals surface area contributed by atoms with Crippen molar-refractivity contribution in [2.24, 2.45) is 0 Å². The van der Waals surface area contributed by atoms with Gasteiger partial charge in [0.1, 0.15) is 36.9 Å². The molecule has 6 aromatic rings. The summed E-state index contributed by atoms with van der Waals surface area (Å²) in [5.41, 5.74) is 2.77. The summed E-state index contributed by atoms with van der Waals surface area (Å²) in [5.74, 6) is -5.39. The molecular weight excluding hydrogens is 1090 g/mol. The van der Waals surface area contributed by atoms with Gasteiger partial charge < -0.3 is 58.2 Å². The Hall–Kier alpha value is -7.42. The third-order valence-corrected chi connectivity index (χ3v) is 15.8. The van der Waals surface area contributed by atoms with E-state index in [0.29, 0.717) is 127 Å². The Morgan fingerprint density at radius 2 is 0.845 bits per heavy atom. The number of esters is 2. The molecule has 2 N–H and O–H groups in total. The van der Waals surface area contributed by atoms with Gasteiger partial charge in [-0.05, 0) is 98.2 Å². The van der Waals surface area contributed by atoms with Crippen molar-refractivity contribution in [3.63, 3.8) is 0 Å². The maximum atomic E-state index is 15.3. The summed E-state index contributed by atoms with van der Waals surface area (Å²) < 4.78 is 66.7. The van der Waals surface area contributed by atoms with E-state index in [1.807, 2.05) is 0 Å². The van der Waals surface area contributed by atoms with Crippen LogP contribution in [0.25, 0.3) is 11.4 Å². The molecule has 2 amide bonds. The largest absolute Gasteiger partial charge is 0.445 e. The molecule has 10 rings (SSSR count). The lowest BCUT2D eigenvalue weighted by Crippen LogP contribution is -2.50. The van der Waals surface area contributed by atoms with Crippen LogP contribution in [0.15, 0.2) is 122 Å². The highest BCUT2D eigenvalue weighted by molar-refractivity contribution is 5.91. The number of rotatable bonds is 23. The van der Waals surface area contributed by atoms with E-state index in [1.54, 1.807) is 91.7 Å². The van der Waals surface area contributed by atoms with Gasteiger partial charge in [-0.15, -0.1) is 20.4 Å². The molecule has 24 heteroatoms. The average Bonchev–Trinajstić information content (AvgIpc) is 4.30. The topological polar surface area (TPSA) is 238 Å². The summed E-state index contributed by atoms with van der Waals surface area (Å²) in [6.45, 7) is 6.41. The second kappa shape index (κ2) is 28.9. The molecule has 446 valence electrons. The van der Waals surface area contributed by atoms with Crippen molar-refractivity contribution in [2.75, 3.05) is 65.7 Å². The second-order valence-corrected chi connectivity index (χ2v) is 21.4. The average molecular weight is 1160 g/mol. The Bertz CT molecular complexity index is 2820. The molecule has 4 aliphatic heterocycles. The van der Waals surface area contributed by atoms with Crippen LogP contribution >= 0.6 is 0 Å². The number of ether oxygens (including phenoxy) is 6. The molecule has 4 aliphatic rings. The summed E-state index contributed by atoms with van der Waals surface area (Å²) in [5, 5.41) is 38.9. The van der Waals surface area contributed by atoms with Crippen LogP contribution in [0.5, 0.6) is 0 Å². The first-order chi connectivity index (χ1) is 40.9. The number of aromatic nitrogens is 6. The van der Waals surface area contributed by atoms with Gasteiger partial charge in [0.15, 0.2) is 24.8 Å². The van der Waals surface area contributed by atoms with Gasteiger partial charge in [0, 0.05) is 99.8 Å². The van der Waals surface area contributed by atoms with Gasteiger partial charge in [-0.2, -0.15) is 0 Å². The smallest absolute Gasteiger partial charge is 0.339 e. The number of carbonyl (C=O) groups excluding carboxylic acids is 4. The zero-order valence-electron chi connectivity index (χ0n) is 46.5. The molecule has 2 aromatic heterocycles. The fourth-order valence-corrected chi connectivity index (χ4v) is 11.0. The summed E-state index contributed by atoms with van der Waals surface area (Å²) >= 11 is 0. The van der Waals surface area contributed by atoms with Crippen molar-refractivity contribution in [1.82, 2.24) is 49.1 Å². The third kappa shape index (κ3) is 15.7. The first kappa shape index (κ1) is 59.7. The lowest BCUT2D eigenvalue weighted by molar-refractivity contribution is -0.185. The highest BCUT2D eigenvalue weighted by atomic mass is 19.1. The number of likely N-dealkylation sites (tertiary alicyclic amines) is 2. The van der Waals surface area contributed by atoms with E-state index in [0.717, 1.165) is 12.8 Å². The third-order valence-electron chi connectivity index (χ3n) is 15.8. The van der Waals surface area contributed by atoms with Gasteiger partial charge in [-0.25, -0.2) is 18.4 Å². The van der Waals surface area contributed by atoms with Crippen molar-refractivity contribution in [2.45, 2.75) is 114 Å². The van der Waals surface area contributed by atoms with Crippen LogP contribution in [0, 0.1) is 11.6 Å². The molecular formula is C60H70F2N10O12. The van der Waals surface area contributed by atoms with Crippen LogP contribution in [0.4, 0.5) is 8.78 Å². The zero-order chi connectivity index (χ0) is 58.4. The monoisotopic (exact) mass is 1160 g/mol. The van der Waals surface area contributed by atoms with Gasteiger partial charge in [0.25, 0.3) is 11.8 Å². The lowest BCUT2D eigenvalue weighted by Gasteiger charge is -2.40. The van der Waals surface area contributed by atoms with Gasteiger partial charge in [0.2, 0.25) is 12.2 Å². The summed E-state index contributed by atoms with van der Waals surface area (Å²) in [7, 11) is 0. The number of hydrogen-bond acceptors (Lipinski definition) is 18. The highest BCUT2D eigenvalue weighted by Gasteiger charge is 2.42. The predicted molar refractivity (Wildman–Crippen MR) is 295 cm³/mol. The number of aliphatic hydroxyl groups is 2. The summed E-state index contributed by atoms with van der Waals surface area (Å²) in [6.07, 6.45) is 1.69. The molecule has 0 bridgehead atoms. The van der Waals surface area contributed by atoms with Crippen LogP contribution in [-0.2, 0) is 60.7 Å². The van der Waals surface area contributed by atoms with Gasteiger partial charge in [0.05, 0.1) is 26.4 Å². The quantitative estimate of drug-likeness (QED) is 0.0802. The minimum atomic E-state index is -2.63. The number of benzene rings is 4. The molecule has 0 saturated carbocycles. The number of hydrogen-bond donors (Lipinski definition) is 2. The Kier molecular flexibility index (Phi) is 20.6. The van der Waals surface area contributed by atoms with Crippen molar-refractivity contribution < 1.29 is 66.6 Å². The van der Waals surface area contributed by atoms with Crippen molar-refractivity contribution in [1.29, 1.82) is 0 Å². The molecule has 22 nitrogen and oxygen atoms in total. The van der Waals surface area contributed by atoms with E-state index < -0.39 is 71.9 Å². The first-order valence-electron chi connectivity index (χ1n) is 28.6. The van der Waals surface area contributed by atoms with E-state index in [-0.39, 0.29) is 36.8 Å². The Labute approximate surface area is 484 Å². The molecule has 84 heavy (non-hydrogen) atoms. The first-order valence-corrected chi connectivity index (χ1v) is 28.6. The van der Waals surface area contributed by atoms with Crippen molar-refractivity contribution >= 4 is 23.8 Å². The maximum Gasteiger partial charge on any atom is 0.339 e. The van der Waals surface area contributed by atoms with Crippen LogP contribution in [0.1, 0.15) is 85.8 Å². The van der Waals surface area contributed by atoms with Gasteiger partial charge in [-0.1, -0.05) is 48.5 Å². The van der Waals surface area contributed by atoms with Crippen LogP contribution in [0.2, 0.25) is 0 Å². The molecule has 6 heterocycles. The number of carbonyl (C=O) groups is 4. The van der Waals surface area contributed by atoms with E-state index in [1.165, 1.54) is 49.6 Å². The molecule has 4 fully saturated rings. The SMILES string of the molecule is O=C(OC(C(=O)N(Cc1ccc(F)cc1)C1CCN(CCC2OCCCO2)CC1)c1ccc(-n2cnnc2)cc1)C(O)C(O)C(=O)OC(C(=O)N(Cc1ccc(F)cc1)C1CCN(CCC2OCCCO2)CC1)c1ccc(-n2cnnc2)cc1. The predicted octanol–water partition coefficient (Wildman–Crippen LogP) is 5.01. The summed E-state index contributed by atoms with van der Waals surface area (Å²) in [6, 6.07) is 23.5. The van der Waals surface area contributed by atoms with E-state index >= 15 is 9.59 Å². The normalized spacial score (nSPS) is 18.6.